The third-order valence-electron chi connectivity index (χ3n) is 4.80. The number of anilines is 1. The first-order valence-electron chi connectivity index (χ1n) is 9.15. The Bertz CT molecular complexity index is 654. The molecule has 0 aliphatic heterocycles. The lowest BCUT2D eigenvalue weighted by Gasteiger charge is -2.31. The number of hydrogen-bond acceptors (Lipinski definition) is 4. The Balaban J connectivity index is 2.08. The zero-order valence-electron chi connectivity index (χ0n) is 16.0. The zero-order valence-corrected chi connectivity index (χ0v) is 16.0. The summed E-state index contributed by atoms with van der Waals surface area (Å²) in [5.74, 6) is 1.69. The van der Waals surface area contributed by atoms with Crippen molar-refractivity contribution in [1.82, 2.24) is 19.4 Å². The summed E-state index contributed by atoms with van der Waals surface area (Å²) in [5.41, 5.74) is 8.23. The Morgan fingerprint density at radius 1 is 1.21 bits per heavy atom. The van der Waals surface area contributed by atoms with Crippen molar-refractivity contribution in [2.24, 2.45) is 0 Å². The third kappa shape index (κ3) is 4.47. The molecule has 2 rings (SSSR count). The average molecular weight is 332 g/mol. The van der Waals surface area contributed by atoms with E-state index in [1.807, 2.05) is 6.07 Å². The number of fused-ring (bicyclic) bond motifs is 1. The van der Waals surface area contributed by atoms with Crippen molar-refractivity contribution < 1.29 is 0 Å². The number of aryl methyl sites for hydroxylation is 2. The molecule has 2 N–H and O–H groups in total. The smallest absolute Gasteiger partial charge is 0.151 e. The van der Waals surface area contributed by atoms with Gasteiger partial charge in [0.25, 0.3) is 0 Å². The van der Waals surface area contributed by atoms with Crippen molar-refractivity contribution in [3.05, 3.63) is 18.1 Å². The molecule has 0 radical (unpaired) electrons. The number of rotatable bonds is 8. The average Bonchev–Trinajstić information content (AvgIpc) is 2.87. The van der Waals surface area contributed by atoms with Crippen molar-refractivity contribution in [2.75, 3.05) is 19.3 Å². The molecule has 5 heteroatoms. The maximum atomic E-state index is 6.02. The minimum Gasteiger partial charge on any atom is -0.382 e. The zero-order chi connectivity index (χ0) is 17.7. The second kappa shape index (κ2) is 7.97. The first kappa shape index (κ1) is 18.7. The van der Waals surface area contributed by atoms with Crippen LogP contribution in [0, 0.1) is 0 Å². The van der Waals surface area contributed by atoms with Gasteiger partial charge >= 0.3 is 0 Å². The van der Waals surface area contributed by atoms with Crippen LogP contribution in [0.25, 0.3) is 11.0 Å². The summed E-state index contributed by atoms with van der Waals surface area (Å²) >= 11 is 0. The Kier molecular flexibility index (Phi) is 6.21. The summed E-state index contributed by atoms with van der Waals surface area (Å²) in [6.45, 7) is 11.1. The molecule has 2 aromatic heterocycles. The van der Waals surface area contributed by atoms with E-state index in [0.717, 1.165) is 49.2 Å². The van der Waals surface area contributed by atoms with E-state index in [-0.39, 0.29) is 5.54 Å². The van der Waals surface area contributed by atoms with Crippen LogP contribution < -0.4 is 5.73 Å². The van der Waals surface area contributed by atoms with Crippen LogP contribution in [-0.4, -0.2) is 38.6 Å². The lowest BCUT2D eigenvalue weighted by Crippen LogP contribution is -2.38. The van der Waals surface area contributed by atoms with E-state index in [4.69, 9.17) is 10.7 Å². The molecule has 2 heterocycles. The molecule has 24 heavy (non-hydrogen) atoms. The lowest BCUT2D eigenvalue weighted by atomic mass is 10.1. The molecule has 134 valence electrons. The summed E-state index contributed by atoms with van der Waals surface area (Å²) in [6.07, 6.45) is 7.45. The molecule has 0 unspecified atom stereocenters. The quantitative estimate of drug-likeness (QED) is 0.746. The number of nitrogen functional groups attached to an aromatic ring is 1. The van der Waals surface area contributed by atoms with E-state index in [2.05, 4.69) is 49.2 Å². The summed E-state index contributed by atoms with van der Waals surface area (Å²) in [5, 5.41) is 0. The fraction of sp³-hybridized carbons (Fsp3) is 0.684. The van der Waals surface area contributed by atoms with Crippen LogP contribution in [0.3, 0.4) is 0 Å². The largest absolute Gasteiger partial charge is 0.382 e. The van der Waals surface area contributed by atoms with Crippen LogP contribution in [0.1, 0.15) is 59.2 Å². The molecule has 0 spiro atoms. The van der Waals surface area contributed by atoms with Crippen LogP contribution in [0.2, 0.25) is 0 Å². The highest BCUT2D eigenvalue weighted by atomic mass is 15.2. The van der Waals surface area contributed by atoms with Gasteiger partial charge < -0.3 is 15.2 Å². The van der Waals surface area contributed by atoms with Gasteiger partial charge in [0.1, 0.15) is 11.3 Å². The molecule has 2 aromatic rings. The monoisotopic (exact) mass is 331 g/mol. The van der Waals surface area contributed by atoms with Gasteiger partial charge in [-0.2, -0.15) is 0 Å². The first-order valence-corrected chi connectivity index (χ1v) is 9.15. The fourth-order valence-electron chi connectivity index (χ4n) is 2.85. The van der Waals surface area contributed by atoms with E-state index < -0.39 is 0 Å². The maximum Gasteiger partial charge on any atom is 0.151 e. The van der Waals surface area contributed by atoms with E-state index in [9.17, 15) is 0 Å². The van der Waals surface area contributed by atoms with Crippen LogP contribution in [-0.2, 0) is 13.0 Å². The van der Waals surface area contributed by atoms with Crippen LogP contribution >= 0.6 is 0 Å². The molecule has 0 aromatic carbocycles. The third-order valence-corrected chi connectivity index (χ3v) is 4.80. The number of imidazole rings is 1. The highest BCUT2D eigenvalue weighted by Crippen LogP contribution is 2.22. The topological polar surface area (TPSA) is 60.0 Å². The molecular weight excluding hydrogens is 298 g/mol. The van der Waals surface area contributed by atoms with Crippen molar-refractivity contribution in [1.29, 1.82) is 0 Å². The number of nitrogens with zero attached hydrogens (tertiary/aromatic N) is 4. The number of pyridine rings is 1. The van der Waals surface area contributed by atoms with E-state index in [1.54, 1.807) is 6.20 Å². The molecule has 0 aliphatic carbocycles. The van der Waals surface area contributed by atoms with Gasteiger partial charge in [0.05, 0.1) is 5.52 Å². The number of hydrogen-bond donors (Lipinski definition) is 1. The molecule has 0 saturated heterocycles. The second-order valence-electron chi connectivity index (χ2n) is 7.65. The number of aromatic nitrogens is 3. The Hall–Kier alpha value is -1.62. The summed E-state index contributed by atoms with van der Waals surface area (Å²) in [7, 11) is 2.20. The van der Waals surface area contributed by atoms with Crippen molar-refractivity contribution in [3.8, 4) is 0 Å². The summed E-state index contributed by atoms with van der Waals surface area (Å²) in [6, 6.07) is 2.04. The Morgan fingerprint density at radius 3 is 2.62 bits per heavy atom. The number of unbranched alkanes of at least 4 members (excludes halogenated alkanes) is 2. The van der Waals surface area contributed by atoms with Crippen LogP contribution in [0.4, 0.5) is 5.82 Å². The first-order chi connectivity index (χ1) is 11.3. The molecule has 0 fully saturated rings. The van der Waals surface area contributed by atoms with Gasteiger partial charge in [-0.3, -0.25) is 0 Å². The van der Waals surface area contributed by atoms with E-state index in [0.29, 0.717) is 5.82 Å². The number of nitrogens with two attached hydrogens (primary N) is 1. The predicted molar refractivity (Wildman–Crippen MR) is 102 cm³/mol. The van der Waals surface area contributed by atoms with Gasteiger partial charge in [-0.1, -0.05) is 13.3 Å². The van der Waals surface area contributed by atoms with Gasteiger partial charge in [0.2, 0.25) is 0 Å². The van der Waals surface area contributed by atoms with Gasteiger partial charge in [-0.15, -0.1) is 0 Å². The van der Waals surface area contributed by atoms with Crippen LogP contribution in [0.15, 0.2) is 12.3 Å². The van der Waals surface area contributed by atoms with Crippen molar-refractivity contribution >= 4 is 16.9 Å². The molecule has 0 aliphatic rings. The minimum absolute atomic E-state index is 0.230. The second-order valence-corrected chi connectivity index (χ2v) is 7.65. The molecule has 0 atom stereocenters. The lowest BCUT2D eigenvalue weighted by molar-refractivity contribution is 0.172. The highest BCUT2D eigenvalue weighted by Gasteiger charge is 2.16. The van der Waals surface area contributed by atoms with Crippen LogP contribution in [0.5, 0.6) is 0 Å². The van der Waals surface area contributed by atoms with Crippen molar-refractivity contribution in [3.63, 3.8) is 0 Å². The summed E-state index contributed by atoms with van der Waals surface area (Å²) in [4.78, 5) is 11.4. The van der Waals surface area contributed by atoms with Gasteiger partial charge in [0.15, 0.2) is 5.82 Å². The Labute approximate surface area is 146 Å². The highest BCUT2D eigenvalue weighted by molar-refractivity contribution is 5.85. The minimum atomic E-state index is 0.230. The van der Waals surface area contributed by atoms with E-state index in [1.165, 1.54) is 12.8 Å². The molecule has 0 bridgehead atoms. The van der Waals surface area contributed by atoms with Gasteiger partial charge in [-0.25, -0.2) is 9.97 Å². The summed E-state index contributed by atoms with van der Waals surface area (Å²) < 4.78 is 2.35. The molecule has 5 nitrogen and oxygen atoms in total. The fourth-order valence-corrected chi connectivity index (χ4v) is 2.85. The van der Waals surface area contributed by atoms with E-state index >= 15 is 0 Å². The predicted octanol–water partition coefficient (Wildman–Crippen LogP) is 3.87. The Morgan fingerprint density at radius 2 is 1.96 bits per heavy atom. The standard InChI is InChI=1S/C19H33N5/c1-6-7-10-16-22-17-15(11-12-21-18(17)20)24(16)14-9-8-13-23(5)19(2,3)4/h11-12H,6-10,13-14H2,1-5H3,(H2,20,21). The molecule has 0 saturated carbocycles. The van der Waals surface area contributed by atoms with Crippen molar-refractivity contribution in [2.45, 2.75) is 71.9 Å². The SMILES string of the molecule is CCCCc1nc2c(N)nccc2n1CCCCN(C)C(C)(C)C. The van der Waals surface area contributed by atoms with Gasteiger partial charge in [-0.05, 0) is 59.7 Å². The normalized spacial score (nSPS) is 12.4. The maximum absolute atomic E-state index is 6.02. The van der Waals surface area contributed by atoms with Gasteiger partial charge in [0, 0.05) is 24.7 Å². The molecule has 0 amide bonds. The molecular formula is C19H33N5.